The Morgan fingerprint density at radius 1 is 1.27 bits per heavy atom. The van der Waals surface area contributed by atoms with E-state index in [-0.39, 0.29) is 0 Å². The van der Waals surface area contributed by atoms with Crippen molar-refractivity contribution in [3.63, 3.8) is 0 Å². The van der Waals surface area contributed by atoms with Gasteiger partial charge in [-0.1, -0.05) is 5.04 Å². The van der Waals surface area contributed by atoms with Crippen LogP contribution in [-0.4, -0.2) is 23.8 Å². The third-order valence-electron chi connectivity index (χ3n) is 0.494. The van der Waals surface area contributed by atoms with Gasteiger partial charge in [-0.05, 0) is 0 Å². The van der Waals surface area contributed by atoms with Crippen LogP contribution < -0.4 is 5.48 Å². The van der Waals surface area contributed by atoms with E-state index >= 15 is 0 Å². The van der Waals surface area contributed by atoms with Gasteiger partial charge in [0.1, 0.15) is 0 Å². The fourth-order valence-electron chi connectivity index (χ4n) is 0.216. The number of nitrogens with one attached hydrogen (secondary N) is 1. The van der Waals surface area contributed by atoms with Gasteiger partial charge in [-0.3, -0.25) is 0 Å². The van der Waals surface area contributed by atoms with Crippen molar-refractivity contribution in [2.75, 3.05) is 18.6 Å². The highest BCUT2D eigenvalue weighted by Crippen LogP contribution is 2.08. The van der Waals surface area contributed by atoms with Gasteiger partial charge < -0.3 is 0 Å². The van der Waals surface area contributed by atoms with Crippen molar-refractivity contribution in [2.45, 2.75) is 0 Å². The zero-order valence-corrected chi connectivity index (χ0v) is 7.44. The molecule has 0 saturated heterocycles. The van der Waals surface area contributed by atoms with Gasteiger partial charge in [-0.2, -0.15) is 5.48 Å². The van der Waals surface area contributed by atoms with Gasteiger partial charge in [0.05, 0.1) is 0 Å². The lowest BCUT2D eigenvalue weighted by Crippen LogP contribution is -2.04. The summed E-state index contributed by atoms with van der Waals surface area (Å²) in [5.41, 5.74) is 2.32. The number of hydrogen-bond donors (Lipinski definition) is 2. The zero-order valence-electron chi connectivity index (χ0n) is 5.81. The van der Waals surface area contributed by atoms with Crippen molar-refractivity contribution in [1.29, 1.82) is 0 Å². The fourth-order valence-corrected chi connectivity index (χ4v) is 1.06. The molecule has 0 aromatic rings. The maximum atomic E-state index is 7.69. The normalized spacial score (nSPS) is 10.4. The number of rotatable bonds is 8. The quantitative estimate of drug-likeness (QED) is 0.260. The molecule has 0 aromatic heterocycles. The van der Waals surface area contributed by atoms with Crippen LogP contribution >= 0.6 is 24.1 Å². The molecular formula is C3H9NO5S2. The zero-order chi connectivity index (χ0) is 8.36. The van der Waals surface area contributed by atoms with E-state index in [1.54, 1.807) is 7.05 Å². The molecule has 0 radical (unpaired) electrons. The minimum atomic E-state index is 0.609. The third-order valence-corrected chi connectivity index (χ3v) is 1.82. The maximum absolute atomic E-state index is 7.69. The van der Waals surface area contributed by atoms with Gasteiger partial charge >= 0.3 is 0 Å². The molecule has 0 rings (SSSR count). The predicted molar refractivity (Wildman–Crippen MR) is 40.9 cm³/mol. The predicted octanol–water partition coefficient (Wildman–Crippen LogP) is 0.787. The molecule has 0 amide bonds. The number of hydrogen-bond acceptors (Lipinski definition) is 8. The molecular weight excluding hydrogens is 194 g/mol. The van der Waals surface area contributed by atoms with E-state index in [4.69, 9.17) is 5.26 Å². The first-order chi connectivity index (χ1) is 5.41. The second-order valence-corrected chi connectivity index (χ2v) is 2.70. The minimum Gasteiger partial charge on any atom is -0.220 e. The van der Waals surface area contributed by atoms with Crippen molar-refractivity contribution < 1.29 is 24.0 Å². The second kappa shape index (κ2) is 10.5. The Hall–Kier alpha value is 0.460. The topological polar surface area (TPSA) is 69.2 Å². The van der Waals surface area contributed by atoms with Crippen LogP contribution in [0.15, 0.2) is 0 Å². The molecule has 11 heavy (non-hydrogen) atoms. The van der Waals surface area contributed by atoms with Crippen molar-refractivity contribution in [3.8, 4) is 0 Å². The molecule has 8 heteroatoms. The highest BCUT2D eigenvalue weighted by Gasteiger charge is 1.92. The van der Waals surface area contributed by atoms with Gasteiger partial charge in [0, 0.05) is 42.6 Å². The van der Waals surface area contributed by atoms with Crippen LogP contribution in [0, 0.1) is 0 Å². The van der Waals surface area contributed by atoms with Gasteiger partial charge in [-0.25, -0.2) is 5.26 Å². The molecule has 0 spiro atoms. The molecule has 68 valence electrons. The van der Waals surface area contributed by atoms with Crippen LogP contribution in [0.1, 0.15) is 0 Å². The van der Waals surface area contributed by atoms with E-state index in [0.717, 1.165) is 24.1 Å². The summed E-state index contributed by atoms with van der Waals surface area (Å²) in [6.07, 6.45) is 0. The van der Waals surface area contributed by atoms with Crippen LogP contribution in [0.3, 0.4) is 0 Å². The standard InChI is InChI=1S/C3H9NO5S2/c1-4-6-8-10-2-3-11-9-7-5/h4-5H,2-3H2,1H3. The Morgan fingerprint density at radius 2 is 1.91 bits per heavy atom. The lowest BCUT2D eigenvalue weighted by atomic mass is 11.0. The van der Waals surface area contributed by atoms with E-state index < -0.39 is 0 Å². The molecule has 0 saturated carbocycles. The van der Waals surface area contributed by atoms with Crippen LogP contribution in [0.5, 0.6) is 0 Å². The summed E-state index contributed by atoms with van der Waals surface area (Å²) in [7, 11) is 1.58. The summed E-state index contributed by atoms with van der Waals surface area (Å²) in [5, 5.41) is 11.0. The largest absolute Gasteiger partial charge is 0.220 e. The Balaban J connectivity index is 2.69. The summed E-state index contributed by atoms with van der Waals surface area (Å²) in [5.74, 6) is 1.26. The van der Waals surface area contributed by atoms with Crippen molar-refractivity contribution in [2.24, 2.45) is 0 Å². The first-order valence-electron chi connectivity index (χ1n) is 2.63. The molecule has 0 aliphatic carbocycles. The minimum absolute atomic E-state index is 0.609. The molecule has 6 nitrogen and oxygen atoms in total. The highest BCUT2D eigenvalue weighted by molar-refractivity contribution is 7.98. The van der Waals surface area contributed by atoms with Crippen molar-refractivity contribution in [1.82, 2.24) is 5.48 Å². The fraction of sp³-hybridized carbons (Fsp3) is 1.00. The summed E-state index contributed by atoms with van der Waals surface area (Å²) in [4.78, 5) is 4.32. The summed E-state index contributed by atoms with van der Waals surface area (Å²) < 4.78 is 8.58. The average Bonchev–Trinajstić information content (AvgIpc) is 2.03. The second-order valence-electron chi connectivity index (χ2n) is 1.14. The van der Waals surface area contributed by atoms with Gasteiger partial charge in [0.2, 0.25) is 0 Å². The molecule has 0 aromatic carbocycles. The van der Waals surface area contributed by atoms with Crippen LogP contribution in [0.2, 0.25) is 0 Å². The maximum Gasteiger partial charge on any atom is 0.0355 e. The molecule has 0 atom stereocenters. The summed E-state index contributed by atoms with van der Waals surface area (Å²) in [6.45, 7) is 0. The molecule has 0 fully saturated rings. The highest BCUT2D eigenvalue weighted by atomic mass is 32.2. The van der Waals surface area contributed by atoms with E-state index in [2.05, 4.69) is 24.2 Å². The third kappa shape index (κ3) is 10.5. The van der Waals surface area contributed by atoms with Crippen LogP contribution in [0.4, 0.5) is 0 Å². The lowest BCUT2D eigenvalue weighted by Gasteiger charge is -1.98. The van der Waals surface area contributed by atoms with E-state index in [1.807, 2.05) is 0 Å². The molecule has 0 heterocycles. The van der Waals surface area contributed by atoms with E-state index in [1.165, 1.54) is 0 Å². The molecule has 2 N–H and O–H groups in total. The molecule has 0 bridgehead atoms. The first-order valence-corrected chi connectivity index (χ1v) is 4.45. The Morgan fingerprint density at radius 3 is 2.45 bits per heavy atom. The van der Waals surface area contributed by atoms with Crippen molar-refractivity contribution in [3.05, 3.63) is 0 Å². The van der Waals surface area contributed by atoms with Crippen LogP contribution in [-0.2, 0) is 18.7 Å². The van der Waals surface area contributed by atoms with Gasteiger partial charge in [-0.15, -0.1) is 13.7 Å². The average molecular weight is 203 g/mol. The van der Waals surface area contributed by atoms with Gasteiger partial charge in [0.15, 0.2) is 0 Å². The lowest BCUT2D eigenvalue weighted by molar-refractivity contribution is -0.432. The number of hydroxylamine groups is 1. The molecule has 0 aliphatic rings. The smallest absolute Gasteiger partial charge is 0.0355 e. The van der Waals surface area contributed by atoms with Crippen LogP contribution in [0.25, 0.3) is 0 Å². The molecule has 0 aliphatic heterocycles. The molecule has 0 unspecified atom stereocenters. The Bertz CT molecular complexity index is 68.7. The Labute approximate surface area is 72.7 Å². The summed E-state index contributed by atoms with van der Waals surface area (Å²) in [6, 6.07) is 0. The monoisotopic (exact) mass is 203 g/mol. The Kier molecular flexibility index (Phi) is 10.9. The van der Waals surface area contributed by atoms with E-state index in [0.29, 0.717) is 11.5 Å². The summed E-state index contributed by atoms with van der Waals surface area (Å²) >= 11 is 2.07. The SMILES string of the molecule is CNOOSCCSOOO. The first kappa shape index (κ1) is 11.5. The van der Waals surface area contributed by atoms with E-state index in [9.17, 15) is 0 Å². The van der Waals surface area contributed by atoms with Crippen molar-refractivity contribution >= 4 is 24.1 Å². The van der Waals surface area contributed by atoms with Gasteiger partial charge in [0.25, 0.3) is 0 Å².